The van der Waals surface area contributed by atoms with Crippen molar-refractivity contribution in [2.75, 3.05) is 23.4 Å². The largest absolute Gasteiger partial charge is 0.396 e. The van der Waals surface area contributed by atoms with Crippen LogP contribution < -0.4 is 5.32 Å². The highest BCUT2D eigenvalue weighted by molar-refractivity contribution is 14.1. The third kappa shape index (κ3) is 5.39. The molecule has 0 bridgehead atoms. The summed E-state index contributed by atoms with van der Waals surface area (Å²) < 4.78 is 1.09. The minimum Gasteiger partial charge on any atom is -0.396 e. The van der Waals surface area contributed by atoms with Gasteiger partial charge in [-0.15, -0.1) is 11.8 Å². The van der Waals surface area contributed by atoms with Crippen molar-refractivity contribution in [2.45, 2.75) is 0 Å². The van der Waals surface area contributed by atoms with Crippen molar-refractivity contribution >= 4 is 45.9 Å². The van der Waals surface area contributed by atoms with E-state index in [0.717, 1.165) is 9.26 Å². The number of benzene rings is 1. The fraction of sp³-hybridized carbons (Fsp3) is 0.300. The average Bonchev–Trinajstić information content (AvgIpc) is 2.18. The predicted octanol–water partition coefficient (Wildman–Crippen LogP) is 1.96. The van der Waals surface area contributed by atoms with Gasteiger partial charge in [0, 0.05) is 15.0 Å². The predicted molar refractivity (Wildman–Crippen MR) is 72.2 cm³/mol. The van der Waals surface area contributed by atoms with Gasteiger partial charge in [0.2, 0.25) is 5.91 Å². The van der Waals surface area contributed by atoms with Crippen LogP contribution in [0.5, 0.6) is 0 Å². The average molecular weight is 337 g/mol. The molecule has 0 aromatic heterocycles. The van der Waals surface area contributed by atoms with Gasteiger partial charge in [0.15, 0.2) is 0 Å². The number of thioether (sulfide) groups is 1. The van der Waals surface area contributed by atoms with Crippen LogP contribution in [0, 0.1) is 3.57 Å². The lowest BCUT2D eigenvalue weighted by Crippen LogP contribution is -2.14. The number of aliphatic hydroxyl groups is 1. The van der Waals surface area contributed by atoms with Crippen LogP contribution in [-0.4, -0.2) is 29.1 Å². The zero-order chi connectivity index (χ0) is 11.1. The highest BCUT2D eigenvalue weighted by atomic mass is 127. The normalized spacial score (nSPS) is 10.0. The molecular weight excluding hydrogens is 325 g/mol. The zero-order valence-electron chi connectivity index (χ0n) is 8.07. The third-order valence-electron chi connectivity index (χ3n) is 1.58. The number of carbonyl (C=O) groups is 1. The first-order chi connectivity index (χ1) is 7.22. The Kier molecular flexibility index (Phi) is 6.04. The van der Waals surface area contributed by atoms with Crippen molar-refractivity contribution in [1.29, 1.82) is 0 Å². The van der Waals surface area contributed by atoms with Gasteiger partial charge in [0.05, 0.1) is 12.4 Å². The van der Waals surface area contributed by atoms with Crippen LogP contribution in [0.15, 0.2) is 24.3 Å². The molecule has 0 aliphatic rings. The van der Waals surface area contributed by atoms with Gasteiger partial charge >= 0.3 is 0 Å². The second-order valence-corrected chi connectivity index (χ2v) is 5.19. The Morgan fingerprint density at radius 2 is 2.33 bits per heavy atom. The van der Waals surface area contributed by atoms with Crippen molar-refractivity contribution < 1.29 is 9.90 Å². The molecule has 2 N–H and O–H groups in total. The van der Waals surface area contributed by atoms with Crippen molar-refractivity contribution in [1.82, 2.24) is 0 Å². The first-order valence-corrected chi connectivity index (χ1v) is 6.70. The van der Waals surface area contributed by atoms with E-state index >= 15 is 0 Å². The van der Waals surface area contributed by atoms with Crippen LogP contribution in [0.1, 0.15) is 0 Å². The highest BCUT2D eigenvalue weighted by Gasteiger charge is 2.02. The molecule has 0 radical (unpaired) electrons. The molecule has 0 unspecified atom stereocenters. The lowest BCUT2D eigenvalue weighted by atomic mass is 10.3. The van der Waals surface area contributed by atoms with Gasteiger partial charge in [-0.05, 0) is 40.8 Å². The first kappa shape index (κ1) is 12.8. The molecule has 1 aromatic rings. The molecule has 82 valence electrons. The molecule has 0 spiro atoms. The molecule has 0 aliphatic carbocycles. The molecular formula is C10H12INO2S. The van der Waals surface area contributed by atoms with Crippen LogP contribution in [0.25, 0.3) is 0 Å². The van der Waals surface area contributed by atoms with Crippen molar-refractivity contribution in [3.8, 4) is 0 Å². The molecule has 5 heteroatoms. The molecule has 3 nitrogen and oxygen atoms in total. The van der Waals surface area contributed by atoms with Gasteiger partial charge in [0.25, 0.3) is 0 Å². The summed E-state index contributed by atoms with van der Waals surface area (Å²) in [6, 6.07) is 7.64. The van der Waals surface area contributed by atoms with E-state index in [1.54, 1.807) is 0 Å². The molecule has 0 heterocycles. The molecule has 1 amide bonds. The van der Waals surface area contributed by atoms with Gasteiger partial charge < -0.3 is 10.4 Å². The minimum absolute atomic E-state index is 0.0320. The van der Waals surface area contributed by atoms with Crippen LogP contribution in [0.4, 0.5) is 5.69 Å². The lowest BCUT2D eigenvalue weighted by Gasteiger charge is -2.04. The van der Waals surface area contributed by atoms with Gasteiger partial charge in [0.1, 0.15) is 0 Å². The number of amides is 1. The fourth-order valence-corrected chi connectivity index (χ4v) is 2.07. The summed E-state index contributed by atoms with van der Waals surface area (Å²) in [7, 11) is 0. The standard InChI is InChI=1S/C10H12INO2S/c11-8-2-1-3-9(6-8)12-10(14)7-15-5-4-13/h1-3,6,13H,4-5,7H2,(H,12,14). The van der Waals surface area contributed by atoms with E-state index in [9.17, 15) is 4.79 Å². The molecule has 0 saturated heterocycles. The summed E-state index contributed by atoms with van der Waals surface area (Å²) in [4.78, 5) is 11.4. The molecule has 0 aliphatic heterocycles. The van der Waals surface area contributed by atoms with E-state index in [2.05, 4.69) is 27.9 Å². The van der Waals surface area contributed by atoms with Crippen molar-refractivity contribution in [3.63, 3.8) is 0 Å². The van der Waals surface area contributed by atoms with E-state index < -0.39 is 0 Å². The van der Waals surface area contributed by atoms with E-state index in [-0.39, 0.29) is 12.5 Å². The number of aliphatic hydroxyl groups excluding tert-OH is 1. The van der Waals surface area contributed by atoms with Crippen molar-refractivity contribution in [3.05, 3.63) is 27.8 Å². The van der Waals surface area contributed by atoms with Gasteiger partial charge in [-0.2, -0.15) is 0 Å². The molecule has 0 fully saturated rings. The summed E-state index contributed by atoms with van der Waals surface area (Å²) in [5.41, 5.74) is 0.816. The van der Waals surface area contributed by atoms with Crippen LogP contribution in [0.2, 0.25) is 0 Å². The Hall–Kier alpha value is -0.270. The number of hydrogen-bond donors (Lipinski definition) is 2. The summed E-state index contributed by atoms with van der Waals surface area (Å²) in [5.74, 6) is 0.946. The quantitative estimate of drug-likeness (QED) is 0.638. The summed E-state index contributed by atoms with van der Waals surface area (Å²) in [5, 5.41) is 11.3. The van der Waals surface area contributed by atoms with Gasteiger partial charge in [-0.1, -0.05) is 6.07 Å². The highest BCUT2D eigenvalue weighted by Crippen LogP contribution is 2.12. The summed E-state index contributed by atoms with van der Waals surface area (Å²) in [6.45, 7) is 0.112. The van der Waals surface area contributed by atoms with Gasteiger partial charge in [-0.3, -0.25) is 4.79 Å². The van der Waals surface area contributed by atoms with Crippen LogP contribution in [-0.2, 0) is 4.79 Å². The maximum absolute atomic E-state index is 11.4. The lowest BCUT2D eigenvalue weighted by molar-refractivity contribution is -0.113. The van der Waals surface area contributed by atoms with E-state index in [1.807, 2.05) is 24.3 Å². The number of nitrogens with one attached hydrogen (secondary N) is 1. The Bertz CT molecular complexity index is 333. The first-order valence-electron chi connectivity index (χ1n) is 4.46. The van der Waals surface area contributed by atoms with Crippen molar-refractivity contribution in [2.24, 2.45) is 0 Å². The molecule has 0 saturated carbocycles. The van der Waals surface area contributed by atoms with E-state index in [1.165, 1.54) is 11.8 Å². The smallest absolute Gasteiger partial charge is 0.234 e. The Morgan fingerprint density at radius 1 is 1.53 bits per heavy atom. The summed E-state index contributed by atoms with van der Waals surface area (Å²) in [6.07, 6.45) is 0. The number of anilines is 1. The Morgan fingerprint density at radius 3 is 3.00 bits per heavy atom. The molecule has 1 rings (SSSR count). The zero-order valence-corrected chi connectivity index (χ0v) is 11.0. The number of hydrogen-bond acceptors (Lipinski definition) is 3. The van der Waals surface area contributed by atoms with E-state index in [0.29, 0.717) is 11.5 Å². The second kappa shape index (κ2) is 7.08. The number of rotatable bonds is 5. The Labute approximate surface area is 107 Å². The molecule has 15 heavy (non-hydrogen) atoms. The SMILES string of the molecule is O=C(CSCCO)Nc1cccc(I)c1. The number of halogens is 1. The van der Waals surface area contributed by atoms with Gasteiger partial charge in [-0.25, -0.2) is 0 Å². The minimum atomic E-state index is -0.0320. The number of carbonyl (C=O) groups excluding carboxylic acids is 1. The Balaban J connectivity index is 2.37. The fourth-order valence-electron chi connectivity index (χ4n) is 0.993. The topological polar surface area (TPSA) is 49.3 Å². The summed E-state index contributed by atoms with van der Waals surface area (Å²) >= 11 is 3.62. The maximum atomic E-state index is 11.4. The third-order valence-corrected chi connectivity index (χ3v) is 3.19. The molecule has 0 atom stereocenters. The monoisotopic (exact) mass is 337 g/mol. The maximum Gasteiger partial charge on any atom is 0.234 e. The van der Waals surface area contributed by atoms with E-state index in [4.69, 9.17) is 5.11 Å². The van der Waals surface area contributed by atoms with Crippen LogP contribution in [0.3, 0.4) is 0 Å². The second-order valence-electron chi connectivity index (χ2n) is 2.83. The van der Waals surface area contributed by atoms with Crippen LogP contribution >= 0.6 is 34.4 Å². The molecule has 1 aromatic carbocycles.